The van der Waals surface area contributed by atoms with Crippen molar-refractivity contribution in [2.75, 3.05) is 14.2 Å². The van der Waals surface area contributed by atoms with Crippen LogP contribution in [0.15, 0.2) is 24.3 Å². The highest BCUT2D eigenvalue weighted by Crippen LogP contribution is 2.11. The van der Waals surface area contributed by atoms with Crippen LogP contribution in [0.1, 0.15) is 5.56 Å². The molecule has 1 rings (SSSR count). The van der Waals surface area contributed by atoms with Crippen molar-refractivity contribution >= 4 is 6.09 Å². The summed E-state index contributed by atoms with van der Waals surface area (Å²) in [6, 6.07) is 7.32. The van der Waals surface area contributed by atoms with E-state index in [0.29, 0.717) is 0 Å². The molecule has 0 aliphatic carbocycles. The van der Waals surface area contributed by atoms with Crippen LogP contribution in [0.25, 0.3) is 0 Å². The van der Waals surface area contributed by atoms with Crippen molar-refractivity contribution in [1.82, 2.24) is 5.48 Å². The van der Waals surface area contributed by atoms with E-state index in [1.54, 1.807) is 7.11 Å². The Hall–Kier alpha value is -1.75. The van der Waals surface area contributed by atoms with Gasteiger partial charge in [0.05, 0.1) is 20.8 Å². The Morgan fingerprint density at radius 3 is 2.47 bits per heavy atom. The molecule has 0 bridgehead atoms. The quantitative estimate of drug-likeness (QED) is 0.766. The van der Waals surface area contributed by atoms with Crippen molar-refractivity contribution in [1.29, 1.82) is 0 Å². The summed E-state index contributed by atoms with van der Waals surface area (Å²) in [5, 5.41) is 0. The zero-order chi connectivity index (χ0) is 11.1. The van der Waals surface area contributed by atoms with E-state index < -0.39 is 6.09 Å². The summed E-state index contributed by atoms with van der Waals surface area (Å²) in [5.74, 6) is 0.777. The summed E-state index contributed by atoms with van der Waals surface area (Å²) in [6.07, 6.45) is -0.622. The first kappa shape index (κ1) is 11.3. The number of hydrogen-bond donors (Lipinski definition) is 1. The molecule has 0 spiro atoms. The van der Waals surface area contributed by atoms with Gasteiger partial charge in [-0.1, -0.05) is 12.1 Å². The Balaban J connectivity index is 2.34. The lowest BCUT2D eigenvalue weighted by molar-refractivity contribution is 0.0250. The summed E-state index contributed by atoms with van der Waals surface area (Å²) in [7, 11) is 2.87. The summed E-state index contributed by atoms with van der Waals surface area (Å²) in [6.45, 7) is 0.277. The molecule has 1 amide bonds. The Bertz CT molecular complexity index is 310. The Labute approximate surface area is 87.9 Å². The molecular formula is C10H13NO4. The monoisotopic (exact) mass is 211 g/mol. The van der Waals surface area contributed by atoms with Crippen molar-refractivity contribution in [3.05, 3.63) is 29.8 Å². The molecule has 0 aliphatic heterocycles. The molecule has 5 heteroatoms. The minimum Gasteiger partial charge on any atom is -0.497 e. The molecule has 0 radical (unpaired) electrons. The molecule has 0 heterocycles. The van der Waals surface area contributed by atoms with Crippen LogP contribution in [0.4, 0.5) is 4.79 Å². The minimum absolute atomic E-state index is 0.277. The van der Waals surface area contributed by atoms with Gasteiger partial charge in [0.1, 0.15) is 5.75 Å². The standard InChI is InChI=1S/C10H13NO4/c1-13-9-5-3-8(4-6-9)7-15-11-10(12)14-2/h3-6H,7H2,1-2H3,(H,11,12). The van der Waals surface area contributed by atoms with Crippen LogP contribution in [0.5, 0.6) is 5.75 Å². The molecule has 1 aromatic rings. The molecule has 5 nitrogen and oxygen atoms in total. The van der Waals surface area contributed by atoms with Gasteiger partial charge in [-0.15, -0.1) is 0 Å². The molecule has 1 aromatic carbocycles. The molecule has 15 heavy (non-hydrogen) atoms. The third kappa shape index (κ3) is 3.86. The second-order valence-electron chi connectivity index (χ2n) is 2.73. The highest BCUT2D eigenvalue weighted by molar-refractivity contribution is 5.65. The van der Waals surface area contributed by atoms with Crippen LogP contribution in [-0.4, -0.2) is 20.3 Å². The van der Waals surface area contributed by atoms with Gasteiger partial charge in [0.2, 0.25) is 0 Å². The summed E-state index contributed by atoms with van der Waals surface area (Å²) >= 11 is 0. The summed E-state index contributed by atoms with van der Waals surface area (Å²) in [5.41, 5.74) is 3.04. The number of carbonyl (C=O) groups excluding carboxylic acids is 1. The van der Waals surface area contributed by atoms with Crippen molar-refractivity contribution < 1.29 is 19.1 Å². The van der Waals surface area contributed by atoms with Crippen LogP contribution in [0.2, 0.25) is 0 Å². The number of amides is 1. The predicted octanol–water partition coefficient (Wildman–Crippen LogP) is 1.48. The lowest BCUT2D eigenvalue weighted by atomic mass is 10.2. The van der Waals surface area contributed by atoms with Crippen molar-refractivity contribution in [3.8, 4) is 5.75 Å². The number of methoxy groups -OCH3 is 2. The molecule has 0 saturated carbocycles. The van der Waals surface area contributed by atoms with E-state index >= 15 is 0 Å². The third-order valence-electron chi connectivity index (χ3n) is 1.74. The minimum atomic E-state index is -0.622. The van der Waals surface area contributed by atoms with Gasteiger partial charge in [0.15, 0.2) is 0 Å². The number of hydrogen-bond acceptors (Lipinski definition) is 4. The number of carbonyl (C=O) groups is 1. The smallest absolute Gasteiger partial charge is 0.431 e. The average molecular weight is 211 g/mol. The predicted molar refractivity (Wildman–Crippen MR) is 53.3 cm³/mol. The maximum Gasteiger partial charge on any atom is 0.431 e. The lowest BCUT2D eigenvalue weighted by Crippen LogP contribution is -2.22. The van der Waals surface area contributed by atoms with Crippen molar-refractivity contribution in [2.24, 2.45) is 0 Å². The maximum atomic E-state index is 10.6. The first-order valence-corrected chi connectivity index (χ1v) is 4.35. The largest absolute Gasteiger partial charge is 0.497 e. The number of nitrogens with one attached hydrogen (secondary N) is 1. The van der Waals surface area contributed by atoms with Crippen LogP contribution < -0.4 is 10.2 Å². The van der Waals surface area contributed by atoms with Gasteiger partial charge in [-0.05, 0) is 17.7 Å². The number of ether oxygens (including phenoxy) is 2. The van der Waals surface area contributed by atoms with Crippen LogP contribution in [0.3, 0.4) is 0 Å². The lowest BCUT2D eigenvalue weighted by Gasteiger charge is -2.05. The van der Waals surface area contributed by atoms with Crippen LogP contribution in [-0.2, 0) is 16.2 Å². The number of benzene rings is 1. The van der Waals surface area contributed by atoms with Gasteiger partial charge in [-0.3, -0.25) is 4.84 Å². The van der Waals surface area contributed by atoms with Gasteiger partial charge in [0.25, 0.3) is 0 Å². The normalized spacial score (nSPS) is 9.47. The topological polar surface area (TPSA) is 56.8 Å². The zero-order valence-electron chi connectivity index (χ0n) is 8.65. The van der Waals surface area contributed by atoms with E-state index in [-0.39, 0.29) is 6.61 Å². The van der Waals surface area contributed by atoms with Gasteiger partial charge in [-0.25, -0.2) is 4.79 Å². The van der Waals surface area contributed by atoms with Crippen LogP contribution in [0, 0.1) is 0 Å². The average Bonchev–Trinajstić information content (AvgIpc) is 2.29. The zero-order valence-corrected chi connectivity index (χ0v) is 8.65. The first-order chi connectivity index (χ1) is 7.26. The van der Waals surface area contributed by atoms with E-state index in [9.17, 15) is 4.79 Å². The molecule has 0 unspecified atom stereocenters. The van der Waals surface area contributed by atoms with Crippen molar-refractivity contribution in [2.45, 2.75) is 6.61 Å². The SMILES string of the molecule is COC(=O)NOCc1ccc(OC)cc1. The summed E-state index contributed by atoms with van der Waals surface area (Å²) < 4.78 is 9.33. The molecule has 0 atom stereocenters. The fraction of sp³-hybridized carbons (Fsp3) is 0.300. The third-order valence-corrected chi connectivity index (χ3v) is 1.74. The van der Waals surface area contributed by atoms with Gasteiger partial charge in [0, 0.05) is 0 Å². The fourth-order valence-corrected chi connectivity index (χ4v) is 0.942. The molecule has 82 valence electrons. The highest BCUT2D eigenvalue weighted by atomic mass is 16.7. The molecule has 1 N–H and O–H groups in total. The molecule has 0 fully saturated rings. The van der Waals surface area contributed by atoms with E-state index in [4.69, 9.17) is 9.57 Å². The molecule has 0 aliphatic rings. The summed E-state index contributed by atoms with van der Waals surface area (Å²) in [4.78, 5) is 15.5. The first-order valence-electron chi connectivity index (χ1n) is 4.35. The Morgan fingerprint density at radius 1 is 1.27 bits per heavy atom. The fourth-order valence-electron chi connectivity index (χ4n) is 0.942. The second-order valence-corrected chi connectivity index (χ2v) is 2.73. The Morgan fingerprint density at radius 2 is 1.93 bits per heavy atom. The van der Waals surface area contributed by atoms with E-state index in [1.165, 1.54) is 7.11 Å². The number of rotatable bonds is 4. The Kier molecular flexibility index (Phi) is 4.43. The van der Waals surface area contributed by atoms with Crippen LogP contribution >= 0.6 is 0 Å². The second kappa shape index (κ2) is 5.87. The van der Waals surface area contributed by atoms with Gasteiger partial charge in [-0.2, -0.15) is 5.48 Å². The molecular weight excluding hydrogens is 198 g/mol. The van der Waals surface area contributed by atoms with E-state index in [2.05, 4.69) is 10.2 Å². The van der Waals surface area contributed by atoms with E-state index in [0.717, 1.165) is 11.3 Å². The van der Waals surface area contributed by atoms with Gasteiger partial charge >= 0.3 is 6.09 Å². The maximum absolute atomic E-state index is 10.6. The van der Waals surface area contributed by atoms with Crippen molar-refractivity contribution in [3.63, 3.8) is 0 Å². The molecule has 0 aromatic heterocycles. The number of hydroxylamine groups is 1. The molecule has 0 saturated heterocycles. The highest BCUT2D eigenvalue weighted by Gasteiger charge is 1.98. The van der Waals surface area contributed by atoms with E-state index in [1.807, 2.05) is 24.3 Å². The van der Waals surface area contributed by atoms with Gasteiger partial charge < -0.3 is 9.47 Å².